The first-order valence-corrected chi connectivity index (χ1v) is 4.22. The molecule has 0 radical (unpaired) electrons. The van der Waals surface area contributed by atoms with Crippen molar-refractivity contribution < 1.29 is 13.6 Å². The molecule has 0 aliphatic rings. The van der Waals surface area contributed by atoms with Crippen molar-refractivity contribution in [1.82, 2.24) is 0 Å². The molecule has 10 heavy (non-hydrogen) atoms. The predicted octanol–water partition coefficient (Wildman–Crippen LogP) is 1.01. The summed E-state index contributed by atoms with van der Waals surface area (Å²) in [5, 5.41) is 0. The van der Waals surface area contributed by atoms with Crippen molar-refractivity contribution in [3.63, 3.8) is 0 Å². The summed E-state index contributed by atoms with van der Waals surface area (Å²) in [4.78, 5) is 0. The second-order valence-corrected chi connectivity index (χ2v) is 3.76. The van der Waals surface area contributed by atoms with Gasteiger partial charge in [-0.25, -0.2) is 0 Å². The molecule has 0 aliphatic carbocycles. The van der Waals surface area contributed by atoms with Crippen molar-refractivity contribution in [2.24, 2.45) is 0 Å². The van der Waals surface area contributed by atoms with Crippen LogP contribution in [0.5, 0.6) is 0 Å². The Morgan fingerprint density at radius 2 is 1.90 bits per heavy atom. The van der Waals surface area contributed by atoms with E-state index >= 15 is 0 Å². The average Bonchev–Trinajstić information content (AvgIpc) is 1.89. The van der Waals surface area contributed by atoms with Crippen molar-refractivity contribution in [3.05, 3.63) is 12.7 Å². The third-order valence-electron chi connectivity index (χ3n) is 0.909. The fourth-order valence-electron chi connectivity index (χ4n) is 0.382. The van der Waals surface area contributed by atoms with Crippen LogP contribution in [0.15, 0.2) is 12.7 Å². The molecule has 0 aromatic carbocycles. The molecule has 0 saturated heterocycles. The van der Waals surface area contributed by atoms with Crippen molar-refractivity contribution >= 4 is 26.5 Å². The molecule has 0 saturated carbocycles. The van der Waals surface area contributed by atoms with E-state index in [-0.39, 0.29) is 25.0 Å². The van der Waals surface area contributed by atoms with Crippen LogP contribution < -0.4 is 0 Å². The quantitative estimate of drug-likeness (QED) is 0.348. The fourth-order valence-corrected chi connectivity index (χ4v) is 1.15. The zero-order chi connectivity index (χ0) is 7.33. The van der Waals surface area contributed by atoms with Gasteiger partial charge in [0.2, 0.25) is 0 Å². The average molecular weight is 158 g/mol. The van der Waals surface area contributed by atoms with Gasteiger partial charge in [-0.3, -0.25) is 4.57 Å². The van der Waals surface area contributed by atoms with Gasteiger partial charge in [0.1, 0.15) is 0 Å². The van der Waals surface area contributed by atoms with Crippen LogP contribution >= 0.6 is 7.60 Å². The molecule has 0 aliphatic heterocycles. The third kappa shape index (κ3) is 4.33. The Morgan fingerprint density at radius 1 is 1.50 bits per heavy atom. The molecule has 5 heteroatoms. The Morgan fingerprint density at radius 3 is 2.00 bits per heavy atom. The van der Waals surface area contributed by atoms with Crippen molar-refractivity contribution in [2.75, 3.05) is 20.4 Å². The van der Waals surface area contributed by atoms with Crippen LogP contribution in [-0.4, -0.2) is 39.2 Å². The summed E-state index contributed by atoms with van der Waals surface area (Å²) in [6.07, 6.45) is 1.77. The Kier molecular flexibility index (Phi) is 8.14. The Balaban J connectivity index is 0. The molecule has 0 N–H and O–H groups in total. The Labute approximate surface area is 73.5 Å². The van der Waals surface area contributed by atoms with Gasteiger partial charge in [-0.05, 0) is 0 Å². The van der Waals surface area contributed by atoms with Crippen molar-refractivity contribution in [3.8, 4) is 0 Å². The summed E-state index contributed by atoms with van der Waals surface area (Å²) >= 11 is 0. The fraction of sp³-hybridized carbons (Fsp3) is 0.600. The van der Waals surface area contributed by atoms with Crippen LogP contribution in [-0.2, 0) is 13.6 Å². The number of allylic oxidation sites excluding steroid dienone is 1. The van der Waals surface area contributed by atoms with Crippen LogP contribution in [0.2, 0.25) is 0 Å². The molecule has 0 heterocycles. The standard InChI is InChI=1S/C5H11O3P.Li.H/c1-4-5-9(6,7-2)8-3;;/h4H,1,5H2,2-3H3;;. The van der Waals surface area contributed by atoms with E-state index in [0.717, 1.165) is 0 Å². The number of rotatable bonds is 4. The SMILES string of the molecule is C=CCP(=O)(OC)OC.[LiH]. The van der Waals surface area contributed by atoms with Crippen molar-refractivity contribution in [1.29, 1.82) is 0 Å². The van der Waals surface area contributed by atoms with Gasteiger partial charge in [0.25, 0.3) is 0 Å². The zero-order valence-electron chi connectivity index (χ0n) is 5.66. The van der Waals surface area contributed by atoms with Crippen LogP contribution in [0.25, 0.3) is 0 Å². The molecule has 0 rings (SSSR count). The van der Waals surface area contributed by atoms with Crippen molar-refractivity contribution in [2.45, 2.75) is 0 Å². The van der Waals surface area contributed by atoms with E-state index in [1.807, 2.05) is 0 Å². The van der Waals surface area contributed by atoms with Gasteiger partial charge in [-0.2, -0.15) is 0 Å². The predicted molar refractivity (Wildman–Crippen MR) is 43.8 cm³/mol. The van der Waals surface area contributed by atoms with E-state index in [0.29, 0.717) is 0 Å². The molecule has 0 amide bonds. The van der Waals surface area contributed by atoms with Crippen LogP contribution in [0.1, 0.15) is 0 Å². The second kappa shape index (κ2) is 6.21. The van der Waals surface area contributed by atoms with Gasteiger partial charge >= 0.3 is 26.5 Å². The third-order valence-corrected chi connectivity index (χ3v) is 2.73. The molecule has 56 valence electrons. The summed E-state index contributed by atoms with van der Waals surface area (Å²) in [5.41, 5.74) is 0. The van der Waals surface area contributed by atoms with E-state index in [9.17, 15) is 4.57 Å². The molecular weight excluding hydrogens is 146 g/mol. The number of hydrogen-bond donors (Lipinski definition) is 0. The van der Waals surface area contributed by atoms with E-state index in [1.54, 1.807) is 0 Å². The zero-order valence-corrected chi connectivity index (χ0v) is 6.56. The molecule has 0 aromatic heterocycles. The monoisotopic (exact) mass is 158 g/mol. The molecule has 0 unspecified atom stereocenters. The van der Waals surface area contributed by atoms with Gasteiger partial charge in [-0.15, -0.1) is 6.58 Å². The summed E-state index contributed by atoms with van der Waals surface area (Å²) in [7, 11) is -0.0893. The van der Waals surface area contributed by atoms with Gasteiger partial charge in [-0.1, -0.05) is 6.08 Å². The molecule has 0 spiro atoms. The minimum atomic E-state index is -2.80. The summed E-state index contributed by atoms with van der Waals surface area (Å²) < 4.78 is 20.2. The normalized spacial score (nSPS) is 10.2. The Hall–Kier alpha value is 0.487. The van der Waals surface area contributed by atoms with Crippen LogP contribution in [0.3, 0.4) is 0 Å². The van der Waals surface area contributed by atoms with E-state index < -0.39 is 7.60 Å². The maximum absolute atomic E-state index is 11.0. The number of hydrogen-bond acceptors (Lipinski definition) is 3. The molecular formula is C5H12LiO3P. The molecule has 0 fully saturated rings. The van der Waals surface area contributed by atoms with Crippen LogP contribution in [0.4, 0.5) is 0 Å². The van der Waals surface area contributed by atoms with E-state index in [2.05, 4.69) is 15.6 Å². The van der Waals surface area contributed by atoms with Gasteiger partial charge in [0.05, 0.1) is 6.16 Å². The van der Waals surface area contributed by atoms with Gasteiger partial charge < -0.3 is 9.05 Å². The van der Waals surface area contributed by atoms with Gasteiger partial charge in [0.15, 0.2) is 0 Å². The summed E-state index contributed by atoms with van der Waals surface area (Å²) in [6.45, 7) is 3.41. The van der Waals surface area contributed by atoms with Gasteiger partial charge in [0, 0.05) is 14.2 Å². The van der Waals surface area contributed by atoms with E-state index in [1.165, 1.54) is 20.3 Å². The minimum absolute atomic E-state index is 0. The summed E-state index contributed by atoms with van der Waals surface area (Å²) in [6, 6.07) is 0. The first-order valence-electron chi connectivity index (χ1n) is 2.50. The molecule has 0 aromatic rings. The van der Waals surface area contributed by atoms with E-state index in [4.69, 9.17) is 0 Å². The Bertz CT molecular complexity index is 129. The molecule has 0 bridgehead atoms. The maximum atomic E-state index is 11.0. The topological polar surface area (TPSA) is 35.5 Å². The molecule has 0 atom stereocenters. The second-order valence-electron chi connectivity index (χ2n) is 1.45. The first kappa shape index (κ1) is 13.1. The summed E-state index contributed by atoms with van der Waals surface area (Å²) in [5.74, 6) is 0. The van der Waals surface area contributed by atoms with Crippen LogP contribution in [0, 0.1) is 0 Å². The first-order chi connectivity index (χ1) is 4.18. The molecule has 3 nitrogen and oxygen atoms in total.